The second-order valence-corrected chi connectivity index (χ2v) is 8.25. The van der Waals surface area contributed by atoms with Gasteiger partial charge in [0.05, 0.1) is 25.6 Å². The van der Waals surface area contributed by atoms with Gasteiger partial charge >= 0.3 is 0 Å². The first-order valence-electron chi connectivity index (χ1n) is 9.04. The number of hydrogen-bond donors (Lipinski definition) is 1. The highest BCUT2D eigenvalue weighted by atomic mass is 35.5. The van der Waals surface area contributed by atoms with Gasteiger partial charge in [-0.05, 0) is 18.1 Å². The molecule has 2 saturated heterocycles. The molecule has 1 aliphatic carbocycles. The molecule has 5 atom stereocenters. The average molecular weight is 345 g/mol. The number of likely N-dealkylation sites (N-methyl/N-ethyl adjacent to an activating group) is 1. The summed E-state index contributed by atoms with van der Waals surface area (Å²) >= 11 is 0. The van der Waals surface area contributed by atoms with Crippen LogP contribution in [0.1, 0.15) is 31.7 Å². The van der Waals surface area contributed by atoms with E-state index in [2.05, 4.69) is 43.6 Å². The number of quaternary nitrogens is 1. The average Bonchev–Trinajstić information content (AvgIpc) is 3.08. The molecule has 0 radical (unpaired) electrons. The molecule has 0 aromatic heterocycles. The van der Waals surface area contributed by atoms with E-state index >= 15 is 0 Å². The monoisotopic (exact) mass is 344 g/mol. The van der Waals surface area contributed by atoms with E-state index in [9.17, 15) is 4.79 Å². The number of rotatable bonds is 2. The van der Waals surface area contributed by atoms with Gasteiger partial charge in [-0.25, -0.2) is 0 Å². The van der Waals surface area contributed by atoms with Crippen molar-refractivity contribution in [3.63, 3.8) is 0 Å². The smallest absolute Gasteiger partial charge is 0.148 e. The summed E-state index contributed by atoms with van der Waals surface area (Å²) < 4.78 is 1.20. The first kappa shape index (κ1) is 16.2. The summed E-state index contributed by atoms with van der Waals surface area (Å²) in [5.41, 5.74) is 5.08. The molecule has 4 heteroatoms. The summed E-state index contributed by atoms with van der Waals surface area (Å²) in [6.45, 7) is 4.76. The molecule has 1 N–H and O–H groups in total. The molecule has 0 saturated carbocycles. The summed E-state index contributed by atoms with van der Waals surface area (Å²) in [6.07, 6.45) is 4.71. The van der Waals surface area contributed by atoms with E-state index in [1.165, 1.54) is 60.1 Å². The van der Waals surface area contributed by atoms with Crippen molar-refractivity contribution in [2.45, 2.75) is 37.6 Å². The van der Waals surface area contributed by atoms with Crippen molar-refractivity contribution < 1.29 is 21.7 Å². The normalized spacial score (nSPS) is 41.2. The van der Waals surface area contributed by atoms with Gasteiger partial charge in [-0.3, -0.25) is 4.79 Å². The number of piperidine rings is 1. The maximum absolute atomic E-state index is 12.1. The fraction of sp³-hybridized carbons (Fsp3) is 0.550. The van der Waals surface area contributed by atoms with Crippen molar-refractivity contribution in [3.05, 3.63) is 41.1 Å². The Kier molecular flexibility index (Phi) is 3.43. The van der Waals surface area contributed by atoms with Crippen LogP contribution < -0.4 is 17.7 Å². The van der Waals surface area contributed by atoms with Crippen LogP contribution in [0.15, 0.2) is 35.5 Å². The van der Waals surface area contributed by atoms with Gasteiger partial charge in [-0.1, -0.05) is 25.1 Å². The predicted octanol–water partition coefficient (Wildman–Crippen LogP) is 0.0855. The van der Waals surface area contributed by atoms with E-state index < -0.39 is 0 Å². The van der Waals surface area contributed by atoms with Crippen molar-refractivity contribution in [2.24, 2.45) is 11.8 Å². The Balaban J connectivity index is 0.00000146. The first-order chi connectivity index (χ1) is 11.1. The van der Waals surface area contributed by atoms with E-state index in [4.69, 9.17) is 0 Å². The number of allylic oxidation sites excluding steroid dienone is 1. The van der Waals surface area contributed by atoms with Gasteiger partial charge in [0.1, 0.15) is 12.3 Å². The maximum Gasteiger partial charge on any atom is 0.148 e. The topological polar surface area (TPSA) is 29.1 Å². The number of nitrogens with zero attached hydrogens (tertiary/aromatic N) is 1. The van der Waals surface area contributed by atoms with Crippen LogP contribution in [-0.4, -0.2) is 36.9 Å². The Labute approximate surface area is 150 Å². The summed E-state index contributed by atoms with van der Waals surface area (Å²) in [5.74, 6) is 1.10. The Morgan fingerprint density at radius 2 is 2.17 bits per heavy atom. The number of carbonyl (C=O) groups excluding carboxylic acids is 1. The molecule has 4 aliphatic rings. The Morgan fingerprint density at radius 3 is 2.92 bits per heavy atom. The lowest BCUT2D eigenvalue weighted by atomic mass is 9.60. The van der Waals surface area contributed by atoms with E-state index in [1.807, 2.05) is 0 Å². The lowest BCUT2D eigenvalue weighted by Gasteiger charge is -2.53. The molecular formula is C20H25ClN2O. The van der Waals surface area contributed by atoms with Crippen LogP contribution in [0.5, 0.6) is 0 Å². The molecule has 24 heavy (non-hydrogen) atoms. The largest absolute Gasteiger partial charge is 1.00 e. The Bertz CT molecular complexity index is 745. The predicted molar refractivity (Wildman–Crippen MR) is 91.0 cm³/mol. The lowest BCUT2D eigenvalue weighted by Crippen LogP contribution is -3.00. The maximum atomic E-state index is 12.1. The number of halogens is 1. The fourth-order valence-electron chi connectivity index (χ4n) is 6.48. The fourth-order valence-corrected chi connectivity index (χ4v) is 6.48. The van der Waals surface area contributed by atoms with Crippen LogP contribution in [0.2, 0.25) is 0 Å². The highest BCUT2D eigenvalue weighted by molar-refractivity contribution is 5.83. The Hall–Kier alpha value is -1.32. The summed E-state index contributed by atoms with van der Waals surface area (Å²) in [4.78, 5) is 12.1. The van der Waals surface area contributed by atoms with E-state index in [0.29, 0.717) is 17.9 Å². The first-order valence-corrected chi connectivity index (χ1v) is 9.04. The van der Waals surface area contributed by atoms with Crippen LogP contribution in [0.3, 0.4) is 0 Å². The van der Waals surface area contributed by atoms with E-state index in [-0.39, 0.29) is 17.8 Å². The van der Waals surface area contributed by atoms with Crippen molar-refractivity contribution in [3.8, 4) is 0 Å². The summed E-state index contributed by atoms with van der Waals surface area (Å²) in [7, 11) is 2.46. The van der Waals surface area contributed by atoms with Crippen LogP contribution in [-0.2, 0) is 10.2 Å². The van der Waals surface area contributed by atoms with Gasteiger partial charge in [0.25, 0.3) is 0 Å². The van der Waals surface area contributed by atoms with Crippen molar-refractivity contribution >= 4 is 12.0 Å². The molecule has 5 rings (SSSR count). The zero-order valence-electron chi connectivity index (χ0n) is 14.4. The number of aldehydes is 1. The molecule has 3 nitrogen and oxygen atoms in total. The quantitative estimate of drug-likeness (QED) is 0.608. The summed E-state index contributed by atoms with van der Waals surface area (Å²) in [5, 5.41) is 3.68. The van der Waals surface area contributed by atoms with Gasteiger partial charge < -0.3 is 22.2 Å². The number of fused-ring (bicyclic) bond motifs is 2. The molecule has 128 valence electrons. The highest BCUT2D eigenvalue weighted by Gasteiger charge is 2.67. The van der Waals surface area contributed by atoms with E-state index in [1.54, 1.807) is 0 Å². The molecule has 2 fully saturated rings. The second-order valence-electron chi connectivity index (χ2n) is 8.25. The zero-order valence-corrected chi connectivity index (χ0v) is 15.1. The minimum atomic E-state index is 0. The minimum absolute atomic E-state index is 0. The molecule has 1 spiro atoms. The van der Waals surface area contributed by atoms with Crippen LogP contribution in [0.4, 0.5) is 5.69 Å². The molecule has 1 aromatic carbocycles. The number of nitrogens with one attached hydrogen (secondary N) is 1. The number of hydrogen-bond acceptors (Lipinski definition) is 2. The highest BCUT2D eigenvalue weighted by Crippen LogP contribution is 2.62. The molecule has 3 aliphatic heterocycles. The number of carbonyl (C=O) groups is 1. The SMILES string of the molecule is CCC1C[N+]2(C)CCC34C(=C(C=O)C1CC32)Nc1ccccc14.[Cl-]. The molecule has 1 aromatic rings. The summed E-state index contributed by atoms with van der Waals surface area (Å²) in [6, 6.07) is 9.36. The standard InChI is InChI=1S/C20H24N2O.ClH/c1-3-13-11-22(2)9-8-20-16-6-4-5-7-17(16)21-19(20)15(12-23)14(13)10-18(20)22;/h4-7,12-14,18H,3,8-11H2,1-2H3;1H. The van der Waals surface area contributed by atoms with Crippen molar-refractivity contribution in [1.29, 1.82) is 0 Å². The van der Waals surface area contributed by atoms with Crippen molar-refractivity contribution in [2.75, 3.05) is 25.5 Å². The third-order valence-electron chi connectivity index (χ3n) is 7.49. The molecule has 2 bridgehead atoms. The lowest BCUT2D eigenvalue weighted by molar-refractivity contribution is -0.933. The van der Waals surface area contributed by atoms with Gasteiger partial charge in [-0.15, -0.1) is 0 Å². The number of anilines is 1. The van der Waals surface area contributed by atoms with Gasteiger partial charge in [0.15, 0.2) is 0 Å². The van der Waals surface area contributed by atoms with Crippen LogP contribution in [0, 0.1) is 11.8 Å². The van der Waals surface area contributed by atoms with E-state index in [0.717, 1.165) is 5.57 Å². The molecular weight excluding hydrogens is 320 g/mol. The van der Waals surface area contributed by atoms with Crippen LogP contribution >= 0.6 is 0 Å². The molecule has 0 amide bonds. The van der Waals surface area contributed by atoms with Gasteiger partial charge in [0, 0.05) is 41.6 Å². The van der Waals surface area contributed by atoms with Crippen molar-refractivity contribution in [1.82, 2.24) is 0 Å². The second kappa shape index (κ2) is 5.09. The van der Waals surface area contributed by atoms with Gasteiger partial charge in [-0.2, -0.15) is 0 Å². The molecule has 5 unspecified atom stereocenters. The van der Waals surface area contributed by atoms with Gasteiger partial charge in [0.2, 0.25) is 0 Å². The third kappa shape index (κ3) is 1.65. The zero-order chi connectivity index (χ0) is 15.8. The Morgan fingerprint density at radius 1 is 1.38 bits per heavy atom. The number of benzene rings is 1. The number of para-hydroxylation sites is 1. The van der Waals surface area contributed by atoms with Crippen LogP contribution in [0.25, 0.3) is 0 Å². The third-order valence-corrected chi connectivity index (χ3v) is 7.49. The molecule has 3 heterocycles. The minimum Gasteiger partial charge on any atom is -1.00 e.